The molecule has 3 heterocycles. The lowest BCUT2D eigenvalue weighted by atomic mass is 9.78. The summed E-state index contributed by atoms with van der Waals surface area (Å²) in [7, 11) is 1.50. The smallest absolute Gasteiger partial charge is 0.416 e. The molecule has 15 heteroatoms. The van der Waals surface area contributed by atoms with Gasteiger partial charge in [-0.2, -0.15) is 26.3 Å². The molecule has 6 rings (SSSR count). The lowest BCUT2D eigenvalue weighted by molar-refractivity contribution is -0.144. The number of cyclic esters (lactones) is 1. The fourth-order valence-corrected chi connectivity index (χ4v) is 6.75. The van der Waals surface area contributed by atoms with Gasteiger partial charge >= 0.3 is 24.4 Å². The predicted molar refractivity (Wildman–Crippen MR) is 164 cm³/mol. The highest BCUT2D eigenvalue weighted by molar-refractivity contribution is 5.75. The van der Waals surface area contributed by atoms with E-state index in [0.29, 0.717) is 66.3 Å². The number of hydrogen-bond acceptors (Lipinski definition) is 7. The van der Waals surface area contributed by atoms with Crippen molar-refractivity contribution in [1.29, 1.82) is 0 Å². The van der Waals surface area contributed by atoms with Crippen LogP contribution in [0.4, 0.5) is 37.1 Å². The number of amides is 1. The number of carboxylic acid groups (broad SMARTS) is 1. The SMILES string of the molecule is COc1ccc([C@H]2CC[C@H](C(=O)O)CC2)cc1-c1cnc(N2CCC2)nc1CN1C(=O)OC(c2cc(C(F)(F)F)cc(C(F)(F)F)c2)[C@@H]1C. The highest BCUT2D eigenvalue weighted by Crippen LogP contribution is 2.43. The van der Waals surface area contributed by atoms with Crippen molar-refractivity contribution < 1.29 is 50.5 Å². The molecule has 3 aliphatic rings. The van der Waals surface area contributed by atoms with Gasteiger partial charge < -0.3 is 19.5 Å². The van der Waals surface area contributed by atoms with Gasteiger partial charge in [0.05, 0.1) is 42.4 Å². The van der Waals surface area contributed by atoms with Crippen molar-refractivity contribution in [3.63, 3.8) is 0 Å². The number of anilines is 1. The largest absolute Gasteiger partial charge is 0.496 e. The molecule has 1 aliphatic carbocycles. The van der Waals surface area contributed by atoms with Crippen LogP contribution in [-0.4, -0.2) is 58.3 Å². The summed E-state index contributed by atoms with van der Waals surface area (Å²) in [4.78, 5) is 37.3. The van der Waals surface area contributed by atoms with E-state index in [-0.39, 0.29) is 24.4 Å². The number of ether oxygens (including phenoxy) is 2. The van der Waals surface area contributed by atoms with E-state index in [4.69, 9.17) is 14.5 Å². The first-order valence-electron chi connectivity index (χ1n) is 15.9. The van der Waals surface area contributed by atoms with Crippen molar-refractivity contribution in [2.45, 2.75) is 76.0 Å². The van der Waals surface area contributed by atoms with Crippen molar-refractivity contribution in [3.05, 3.63) is 70.5 Å². The summed E-state index contributed by atoms with van der Waals surface area (Å²) < 4.78 is 92.9. The van der Waals surface area contributed by atoms with Crippen LogP contribution in [0, 0.1) is 5.92 Å². The van der Waals surface area contributed by atoms with Gasteiger partial charge in [0.2, 0.25) is 5.95 Å². The van der Waals surface area contributed by atoms with Gasteiger partial charge in [-0.1, -0.05) is 6.07 Å². The van der Waals surface area contributed by atoms with E-state index in [1.165, 1.54) is 18.9 Å². The molecule has 0 radical (unpaired) electrons. The molecule has 1 amide bonds. The topological polar surface area (TPSA) is 105 Å². The summed E-state index contributed by atoms with van der Waals surface area (Å²) in [5.74, 6) is -0.179. The number of carboxylic acids is 1. The number of nitrogens with zero attached hydrogens (tertiary/aromatic N) is 4. The Morgan fingerprint density at radius 2 is 1.61 bits per heavy atom. The predicted octanol–water partition coefficient (Wildman–Crippen LogP) is 7.84. The Kier molecular flexibility index (Phi) is 9.14. The minimum atomic E-state index is -5.06. The molecule has 0 spiro atoms. The highest BCUT2D eigenvalue weighted by Gasteiger charge is 2.44. The summed E-state index contributed by atoms with van der Waals surface area (Å²) in [5.41, 5.74) is -0.942. The minimum absolute atomic E-state index is 0.0342. The Bertz CT molecular complexity index is 1700. The first-order chi connectivity index (χ1) is 23.1. The van der Waals surface area contributed by atoms with Crippen molar-refractivity contribution in [2.75, 3.05) is 25.1 Å². The Labute approximate surface area is 277 Å². The Hall–Kier alpha value is -4.56. The number of methoxy groups -OCH3 is 1. The number of hydrogen-bond donors (Lipinski definition) is 1. The van der Waals surface area contributed by atoms with Crippen LogP contribution in [0.15, 0.2) is 42.6 Å². The average molecular weight is 693 g/mol. The van der Waals surface area contributed by atoms with Crippen LogP contribution in [0.1, 0.15) is 79.0 Å². The molecular weight excluding hydrogens is 658 g/mol. The lowest BCUT2D eigenvalue weighted by Crippen LogP contribution is -2.39. The molecule has 2 aliphatic heterocycles. The van der Waals surface area contributed by atoms with Crippen LogP contribution < -0.4 is 9.64 Å². The van der Waals surface area contributed by atoms with E-state index in [1.807, 2.05) is 17.0 Å². The maximum Gasteiger partial charge on any atom is 0.416 e. The molecule has 262 valence electrons. The van der Waals surface area contributed by atoms with Gasteiger partial charge in [0.15, 0.2) is 0 Å². The lowest BCUT2D eigenvalue weighted by Gasteiger charge is -2.31. The van der Waals surface area contributed by atoms with Crippen LogP contribution in [0.25, 0.3) is 11.1 Å². The zero-order valence-electron chi connectivity index (χ0n) is 26.6. The van der Waals surface area contributed by atoms with Gasteiger partial charge in [0.25, 0.3) is 0 Å². The first kappa shape index (κ1) is 34.3. The van der Waals surface area contributed by atoms with E-state index in [9.17, 15) is 41.0 Å². The Morgan fingerprint density at radius 3 is 2.16 bits per heavy atom. The van der Waals surface area contributed by atoms with Gasteiger partial charge in [-0.3, -0.25) is 9.69 Å². The van der Waals surface area contributed by atoms with Gasteiger partial charge in [0.1, 0.15) is 11.9 Å². The molecule has 1 N–H and O–H groups in total. The molecule has 2 aromatic carbocycles. The maximum absolute atomic E-state index is 13.6. The number of alkyl halides is 6. The molecule has 9 nitrogen and oxygen atoms in total. The van der Waals surface area contributed by atoms with Gasteiger partial charge in [-0.05, 0) is 86.4 Å². The number of rotatable bonds is 8. The molecule has 1 saturated carbocycles. The third-order valence-corrected chi connectivity index (χ3v) is 9.71. The van der Waals surface area contributed by atoms with E-state index in [2.05, 4.69) is 4.98 Å². The highest BCUT2D eigenvalue weighted by atomic mass is 19.4. The number of carbonyl (C=O) groups is 2. The fourth-order valence-electron chi connectivity index (χ4n) is 6.75. The number of benzene rings is 2. The van der Waals surface area contributed by atoms with E-state index < -0.39 is 53.3 Å². The fraction of sp³-hybridized carbons (Fsp3) is 0.471. The summed E-state index contributed by atoms with van der Waals surface area (Å²) in [6.07, 6.45) is -7.45. The molecule has 1 unspecified atom stereocenters. The van der Waals surface area contributed by atoms with Crippen LogP contribution in [0.5, 0.6) is 5.75 Å². The molecule has 2 saturated heterocycles. The Balaban J connectivity index is 1.35. The Morgan fingerprint density at radius 1 is 0.959 bits per heavy atom. The number of aromatic nitrogens is 2. The molecule has 49 heavy (non-hydrogen) atoms. The molecule has 2 atom stereocenters. The van der Waals surface area contributed by atoms with Crippen LogP contribution in [0.3, 0.4) is 0 Å². The quantitative estimate of drug-likeness (QED) is 0.238. The van der Waals surface area contributed by atoms with Gasteiger partial charge in [0, 0.05) is 30.4 Å². The van der Waals surface area contributed by atoms with E-state index in [0.717, 1.165) is 25.1 Å². The van der Waals surface area contributed by atoms with Crippen LogP contribution in [-0.2, 0) is 28.4 Å². The minimum Gasteiger partial charge on any atom is -0.496 e. The molecule has 1 aromatic heterocycles. The monoisotopic (exact) mass is 692 g/mol. The molecule has 3 fully saturated rings. The molecular formula is C34H34F6N4O5. The second-order valence-electron chi connectivity index (χ2n) is 12.7. The number of halogens is 6. The second-order valence-corrected chi connectivity index (χ2v) is 12.7. The summed E-state index contributed by atoms with van der Waals surface area (Å²) in [6, 6.07) is 5.88. The van der Waals surface area contributed by atoms with Crippen LogP contribution >= 0.6 is 0 Å². The third kappa shape index (κ3) is 6.97. The average Bonchev–Trinajstić information content (AvgIpc) is 3.31. The maximum atomic E-state index is 13.6. The van der Waals surface area contributed by atoms with Crippen molar-refractivity contribution in [3.8, 4) is 16.9 Å². The van der Waals surface area contributed by atoms with Crippen LogP contribution in [0.2, 0.25) is 0 Å². The molecule has 3 aromatic rings. The number of aliphatic carboxylic acids is 1. The summed E-state index contributed by atoms with van der Waals surface area (Å²) in [6.45, 7) is 2.75. The van der Waals surface area contributed by atoms with Crippen molar-refractivity contribution >= 4 is 18.0 Å². The zero-order chi connectivity index (χ0) is 35.2. The zero-order valence-corrected chi connectivity index (χ0v) is 26.6. The number of carbonyl (C=O) groups excluding carboxylic acids is 1. The van der Waals surface area contributed by atoms with Gasteiger partial charge in [-0.15, -0.1) is 0 Å². The first-order valence-corrected chi connectivity index (χ1v) is 15.9. The molecule has 0 bridgehead atoms. The standard InChI is InChI=1S/C34H34F6N4O5/c1-18-29(22-12-23(33(35,36)37)15-24(13-22)34(38,39)40)49-32(47)44(18)17-27-26(16-41-31(42-27)43-10-3-11-43)25-14-21(8-9-28(25)48-2)19-4-6-20(7-5-19)30(45)46/h8-9,12-16,18-20,29H,3-7,10-11,17H2,1-2H3,(H,45,46)/t18-,19-,20-,29?/m0/s1. The summed E-state index contributed by atoms with van der Waals surface area (Å²) in [5, 5.41) is 9.43. The van der Waals surface area contributed by atoms with Crippen molar-refractivity contribution in [1.82, 2.24) is 14.9 Å². The normalized spacial score (nSPS) is 22.9. The summed E-state index contributed by atoms with van der Waals surface area (Å²) >= 11 is 0. The second kappa shape index (κ2) is 13.0. The van der Waals surface area contributed by atoms with E-state index >= 15 is 0 Å². The van der Waals surface area contributed by atoms with Gasteiger partial charge in [-0.25, -0.2) is 14.8 Å². The van der Waals surface area contributed by atoms with Crippen molar-refractivity contribution in [2.24, 2.45) is 5.92 Å². The van der Waals surface area contributed by atoms with E-state index in [1.54, 1.807) is 12.3 Å². The third-order valence-electron chi connectivity index (χ3n) is 9.71.